The van der Waals surface area contributed by atoms with Crippen LogP contribution < -0.4 is 10.1 Å². The Balaban J connectivity index is 1.41. The first-order valence-corrected chi connectivity index (χ1v) is 12.8. The van der Waals surface area contributed by atoms with E-state index in [0.717, 1.165) is 33.0 Å². The predicted octanol–water partition coefficient (Wildman–Crippen LogP) is 6.89. The zero-order chi connectivity index (χ0) is 26.6. The van der Waals surface area contributed by atoms with E-state index < -0.39 is 29.4 Å². The number of rotatable bonds is 7. The first-order valence-electron chi connectivity index (χ1n) is 11.6. The van der Waals surface area contributed by atoms with Crippen LogP contribution in [0.5, 0.6) is 5.75 Å². The van der Waals surface area contributed by atoms with Crippen molar-refractivity contribution >= 4 is 63.0 Å². The maximum absolute atomic E-state index is 13.9. The molecule has 4 aromatic carbocycles. The van der Waals surface area contributed by atoms with Gasteiger partial charge in [0.15, 0.2) is 0 Å². The van der Waals surface area contributed by atoms with E-state index in [2.05, 4.69) is 5.32 Å². The summed E-state index contributed by atoms with van der Waals surface area (Å²) in [6, 6.07) is 24.3. The van der Waals surface area contributed by atoms with Crippen LogP contribution in [0.4, 0.5) is 14.9 Å². The molecule has 4 aromatic rings. The molecule has 0 aromatic heterocycles. The molecule has 0 saturated carbocycles. The Kier molecular flexibility index (Phi) is 7.44. The molecule has 1 aliphatic rings. The number of nitrogens with one attached hydrogen (secondary N) is 1. The standard InChI is InChI=1S/C29H20ClFN2O4S/c30-22-10-4-2-8-19(22)17-37-25-14-13-18-7-1-3-9-20(18)21(25)15-26-28(35)33(29(36)38-26)16-27(34)32-24-12-6-5-11-23(24)31/h1-15H,16-17H2,(H,32,34)/b26-15-. The highest BCUT2D eigenvalue weighted by Crippen LogP contribution is 2.37. The second-order valence-electron chi connectivity index (χ2n) is 8.37. The van der Waals surface area contributed by atoms with Gasteiger partial charge in [0.05, 0.1) is 10.6 Å². The fourth-order valence-electron chi connectivity index (χ4n) is 3.98. The van der Waals surface area contributed by atoms with E-state index in [-0.39, 0.29) is 17.2 Å². The minimum atomic E-state index is -0.687. The van der Waals surface area contributed by atoms with Crippen molar-refractivity contribution in [3.8, 4) is 5.75 Å². The van der Waals surface area contributed by atoms with Gasteiger partial charge in [-0.25, -0.2) is 4.39 Å². The minimum Gasteiger partial charge on any atom is -0.488 e. The van der Waals surface area contributed by atoms with E-state index in [1.165, 1.54) is 18.2 Å². The van der Waals surface area contributed by atoms with Crippen LogP contribution in [-0.4, -0.2) is 28.5 Å². The van der Waals surface area contributed by atoms with Crippen molar-refractivity contribution in [3.63, 3.8) is 0 Å². The molecule has 0 spiro atoms. The highest BCUT2D eigenvalue weighted by atomic mass is 35.5. The summed E-state index contributed by atoms with van der Waals surface area (Å²) in [7, 11) is 0. The number of amides is 3. The maximum Gasteiger partial charge on any atom is 0.294 e. The van der Waals surface area contributed by atoms with Crippen LogP contribution in [0.15, 0.2) is 89.8 Å². The second kappa shape index (κ2) is 11.1. The van der Waals surface area contributed by atoms with Crippen molar-refractivity contribution in [3.05, 3.63) is 112 Å². The Morgan fingerprint density at radius 2 is 1.71 bits per heavy atom. The normalized spacial score (nSPS) is 14.4. The number of imide groups is 1. The van der Waals surface area contributed by atoms with Gasteiger partial charge in [0.1, 0.15) is 24.7 Å². The maximum atomic E-state index is 13.9. The predicted molar refractivity (Wildman–Crippen MR) is 147 cm³/mol. The molecule has 3 amide bonds. The van der Waals surface area contributed by atoms with Gasteiger partial charge >= 0.3 is 0 Å². The molecule has 9 heteroatoms. The largest absolute Gasteiger partial charge is 0.488 e. The zero-order valence-electron chi connectivity index (χ0n) is 19.8. The van der Waals surface area contributed by atoms with Crippen molar-refractivity contribution in [1.29, 1.82) is 0 Å². The molecular weight excluding hydrogens is 527 g/mol. The topological polar surface area (TPSA) is 75.7 Å². The fraction of sp³-hybridized carbons (Fsp3) is 0.0690. The van der Waals surface area contributed by atoms with Crippen LogP contribution in [0, 0.1) is 5.82 Å². The molecule has 0 radical (unpaired) electrons. The summed E-state index contributed by atoms with van der Waals surface area (Å²) in [5.41, 5.74) is 1.39. The molecule has 0 aliphatic carbocycles. The fourth-order valence-corrected chi connectivity index (χ4v) is 4.99. The van der Waals surface area contributed by atoms with Crippen LogP contribution in [0.3, 0.4) is 0 Å². The number of nitrogens with zero attached hydrogens (tertiary/aromatic N) is 1. The molecule has 1 heterocycles. The Morgan fingerprint density at radius 1 is 0.974 bits per heavy atom. The third kappa shape index (κ3) is 5.41. The number of carbonyl (C=O) groups excluding carboxylic acids is 3. The number of halogens is 2. The van der Waals surface area contributed by atoms with Gasteiger partial charge in [0, 0.05) is 16.1 Å². The highest BCUT2D eigenvalue weighted by molar-refractivity contribution is 8.18. The molecule has 0 bridgehead atoms. The average molecular weight is 547 g/mol. The van der Waals surface area contributed by atoms with Gasteiger partial charge in [-0.3, -0.25) is 19.3 Å². The lowest BCUT2D eigenvalue weighted by Gasteiger charge is -2.14. The molecule has 0 atom stereocenters. The summed E-state index contributed by atoms with van der Waals surface area (Å²) in [5.74, 6) is -1.41. The van der Waals surface area contributed by atoms with Crippen molar-refractivity contribution in [1.82, 2.24) is 4.90 Å². The smallest absolute Gasteiger partial charge is 0.294 e. The zero-order valence-corrected chi connectivity index (χ0v) is 21.4. The highest BCUT2D eigenvalue weighted by Gasteiger charge is 2.36. The summed E-state index contributed by atoms with van der Waals surface area (Å²) in [4.78, 5) is 39.3. The minimum absolute atomic E-state index is 0.0314. The Morgan fingerprint density at radius 3 is 2.53 bits per heavy atom. The number of hydrogen-bond acceptors (Lipinski definition) is 5. The molecule has 6 nitrogen and oxygen atoms in total. The summed E-state index contributed by atoms with van der Waals surface area (Å²) < 4.78 is 20.0. The SMILES string of the molecule is O=C(CN1C(=O)S/C(=C\c2c(OCc3ccccc3Cl)ccc3ccccc23)C1=O)Nc1ccccc1F. The van der Waals surface area contributed by atoms with E-state index in [1.807, 2.05) is 48.5 Å². The van der Waals surface area contributed by atoms with Gasteiger partial charge < -0.3 is 10.1 Å². The van der Waals surface area contributed by atoms with Crippen LogP contribution in [0.2, 0.25) is 5.02 Å². The first kappa shape index (κ1) is 25.5. The van der Waals surface area contributed by atoms with Crippen LogP contribution >= 0.6 is 23.4 Å². The number of ether oxygens (including phenoxy) is 1. The lowest BCUT2D eigenvalue weighted by Crippen LogP contribution is -2.36. The third-order valence-electron chi connectivity index (χ3n) is 5.87. The van der Waals surface area contributed by atoms with Gasteiger partial charge in [0.25, 0.3) is 11.1 Å². The number of thioether (sulfide) groups is 1. The number of para-hydroxylation sites is 1. The van der Waals surface area contributed by atoms with E-state index in [9.17, 15) is 18.8 Å². The number of hydrogen-bond donors (Lipinski definition) is 1. The van der Waals surface area contributed by atoms with Gasteiger partial charge in [-0.1, -0.05) is 72.3 Å². The van der Waals surface area contributed by atoms with Gasteiger partial charge in [-0.2, -0.15) is 0 Å². The van der Waals surface area contributed by atoms with Crippen LogP contribution in [0.25, 0.3) is 16.8 Å². The van der Waals surface area contributed by atoms with Crippen molar-refractivity contribution in [2.45, 2.75) is 6.61 Å². The Bertz CT molecular complexity index is 1610. The molecule has 190 valence electrons. The number of fused-ring (bicyclic) bond motifs is 1. The molecule has 1 saturated heterocycles. The number of benzene rings is 4. The first-order chi connectivity index (χ1) is 18.4. The Hall–Kier alpha value is -4.14. The van der Waals surface area contributed by atoms with E-state index in [1.54, 1.807) is 24.3 Å². The van der Waals surface area contributed by atoms with E-state index >= 15 is 0 Å². The second-order valence-corrected chi connectivity index (χ2v) is 9.77. The summed E-state index contributed by atoms with van der Waals surface area (Å²) >= 11 is 7.01. The summed E-state index contributed by atoms with van der Waals surface area (Å²) in [6.45, 7) is -0.335. The number of anilines is 1. The molecule has 5 rings (SSSR count). The summed E-state index contributed by atoms with van der Waals surface area (Å²) in [6.07, 6.45) is 1.60. The average Bonchev–Trinajstić information content (AvgIpc) is 3.17. The van der Waals surface area contributed by atoms with Gasteiger partial charge in [-0.05, 0) is 52.9 Å². The Labute approximate surface area is 227 Å². The monoisotopic (exact) mass is 546 g/mol. The summed E-state index contributed by atoms with van der Waals surface area (Å²) in [5, 5.41) is 4.12. The van der Waals surface area contributed by atoms with Gasteiger partial charge in [0.2, 0.25) is 5.91 Å². The van der Waals surface area contributed by atoms with Gasteiger partial charge in [-0.15, -0.1) is 0 Å². The third-order valence-corrected chi connectivity index (χ3v) is 7.15. The van der Waals surface area contributed by atoms with E-state index in [0.29, 0.717) is 16.3 Å². The van der Waals surface area contributed by atoms with Crippen molar-refractivity contribution in [2.24, 2.45) is 0 Å². The molecule has 1 N–H and O–H groups in total. The van der Waals surface area contributed by atoms with Crippen molar-refractivity contribution in [2.75, 3.05) is 11.9 Å². The van der Waals surface area contributed by atoms with E-state index in [4.69, 9.17) is 16.3 Å². The lowest BCUT2D eigenvalue weighted by molar-refractivity contribution is -0.127. The lowest BCUT2D eigenvalue weighted by atomic mass is 10.0. The molecule has 1 aliphatic heterocycles. The molecular formula is C29H20ClFN2O4S. The number of carbonyl (C=O) groups is 3. The molecule has 1 fully saturated rings. The van der Waals surface area contributed by atoms with Crippen molar-refractivity contribution < 1.29 is 23.5 Å². The molecule has 38 heavy (non-hydrogen) atoms. The quantitative estimate of drug-likeness (QED) is 0.256. The van der Waals surface area contributed by atoms with Crippen LogP contribution in [-0.2, 0) is 16.2 Å². The van der Waals surface area contributed by atoms with Crippen LogP contribution in [0.1, 0.15) is 11.1 Å². The molecule has 0 unspecified atom stereocenters.